The van der Waals surface area contributed by atoms with Crippen LogP contribution in [0.4, 0.5) is 4.39 Å². The van der Waals surface area contributed by atoms with Gasteiger partial charge in [-0.05, 0) is 36.4 Å². The Morgan fingerprint density at radius 2 is 1.90 bits per heavy atom. The quantitative estimate of drug-likeness (QED) is 0.505. The van der Waals surface area contributed by atoms with Crippen molar-refractivity contribution in [3.63, 3.8) is 0 Å². The van der Waals surface area contributed by atoms with Gasteiger partial charge in [0.05, 0.1) is 23.4 Å². The number of rotatable bonds is 1. The van der Waals surface area contributed by atoms with Crippen LogP contribution < -0.4 is 5.43 Å². The summed E-state index contributed by atoms with van der Waals surface area (Å²) in [6, 6.07) is 8.10. The smallest absolute Gasteiger partial charge is 0.337 e. The van der Waals surface area contributed by atoms with Gasteiger partial charge < -0.3 is 9.15 Å². The second-order valence-corrected chi connectivity index (χ2v) is 4.27. The van der Waals surface area contributed by atoms with Gasteiger partial charge in [0.1, 0.15) is 17.0 Å². The SMILES string of the molecule is COC(=O)c1ccc2c(=O)c3cc(F)ccc3oc2c1. The van der Waals surface area contributed by atoms with Crippen LogP contribution in [-0.2, 0) is 4.74 Å². The number of fused-ring (bicyclic) bond motifs is 2. The molecule has 0 bridgehead atoms. The highest BCUT2D eigenvalue weighted by atomic mass is 19.1. The third kappa shape index (κ3) is 1.84. The Morgan fingerprint density at radius 1 is 1.10 bits per heavy atom. The Hall–Kier alpha value is -2.69. The van der Waals surface area contributed by atoms with Gasteiger partial charge in [0.25, 0.3) is 0 Å². The zero-order valence-electron chi connectivity index (χ0n) is 10.5. The maximum absolute atomic E-state index is 13.2. The Bertz CT molecular complexity index is 895. The van der Waals surface area contributed by atoms with Crippen molar-refractivity contribution in [3.05, 3.63) is 58.0 Å². The standard InChI is InChI=1S/C15H9FO4/c1-19-15(18)8-2-4-10-13(6-8)20-12-5-3-9(16)7-11(12)14(10)17/h2-7H,1H3. The lowest BCUT2D eigenvalue weighted by atomic mass is 10.1. The van der Waals surface area contributed by atoms with Crippen molar-refractivity contribution < 1.29 is 18.3 Å². The molecule has 2 aromatic carbocycles. The normalized spacial score (nSPS) is 10.9. The summed E-state index contributed by atoms with van der Waals surface area (Å²) in [6.45, 7) is 0. The van der Waals surface area contributed by atoms with Gasteiger partial charge in [-0.25, -0.2) is 9.18 Å². The molecule has 1 heterocycles. The van der Waals surface area contributed by atoms with Crippen molar-refractivity contribution >= 4 is 27.9 Å². The topological polar surface area (TPSA) is 56.5 Å². The van der Waals surface area contributed by atoms with Gasteiger partial charge in [-0.2, -0.15) is 0 Å². The molecule has 3 aromatic rings. The zero-order valence-corrected chi connectivity index (χ0v) is 10.5. The number of hydrogen-bond acceptors (Lipinski definition) is 4. The molecule has 0 unspecified atom stereocenters. The molecule has 0 saturated heterocycles. The van der Waals surface area contributed by atoms with E-state index in [0.717, 1.165) is 6.07 Å². The van der Waals surface area contributed by atoms with E-state index in [2.05, 4.69) is 4.74 Å². The summed E-state index contributed by atoms with van der Waals surface area (Å²) in [4.78, 5) is 23.7. The highest BCUT2D eigenvalue weighted by molar-refractivity contribution is 5.96. The predicted molar refractivity (Wildman–Crippen MR) is 71.3 cm³/mol. The Balaban J connectivity index is 2.38. The number of carbonyl (C=O) groups is 1. The van der Waals surface area contributed by atoms with Gasteiger partial charge in [0.2, 0.25) is 5.43 Å². The number of benzene rings is 2. The summed E-state index contributed by atoms with van der Waals surface area (Å²) in [7, 11) is 1.27. The first kappa shape index (κ1) is 12.3. The first-order chi connectivity index (χ1) is 9.60. The fourth-order valence-electron chi connectivity index (χ4n) is 2.07. The Labute approximate surface area is 112 Å². The van der Waals surface area contributed by atoms with E-state index >= 15 is 0 Å². The number of methoxy groups -OCH3 is 1. The molecule has 20 heavy (non-hydrogen) atoms. The maximum atomic E-state index is 13.2. The molecule has 100 valence electrons. The van der Waals surface area contributed by atoms with E-state index in [1.165, 1.54) is 37.4 Å². The van der Waals surface area contributed by atoms with Crippen LogP contribution in [0.1, 0.15) is 10.4 Å². The van der Waals surface area contributed by atoms with E-state index in [9.17, 15) is 14.0 Å². The van der Waals surface area contributed by atoms with Gasteiger partial charge in [0.15, 0.2) is 0 Å². The largest absolute Gasteiger partial charge is 0.465 e. The third-order valence-electron chi connectivity index (χ3n) is 3.05. The highest BCUT2D eigenvalue weighted by Gasteiger charge is 2.12. The zero-order chi connectivity index (χ0) is 14.3. The molecule has 0 spiro atoms. The maximum Gasteiger partial charge on any atom is 0.337 e. The van der Waals surface area contributed by atoms with Gasteiger partial charge in [-0.15, -0.1) is 0 Å². The fraction of sp³-hybridized carbons (Fsp3) is 0.0667. The van der Waals surface area contributed by atoms with Crippen LogP contribution >= 0.6 is 0 Å². The lowest BCUT2D eigenvalue weighted by Gasteiger charge is -2.03. The Morgan fingerprint density at radius 3 is 2.65 bits per heavy atom. The van der Waals surface area contributed by atoms with Crippen molar-refractivity contribution in [1.82, 2.24) is 0 Å². The summed E-state index contributed by atoms with van der Waals surface area (Å²) < 4.78 is 23.3. The highest BCUT2D eigenvalue weighted by Crippen LogP contribution is 2.20. The minimum Gasteiger partial charge on any atom is -0.465 e. The predicted octanol–water partition coefficient (Wildman–Crippen LogP) is 2.87. The minimum absolute atomic E-state index is 0.170. The summed E-state index contributed by atoms with van der Waals surface area (Å²) in [5.41, 5.74) is 0.477. The van der Waals surface area contributed by atoms with E-state index in [-0.39, 0.29) is 32.9 Å². The van der Waals surface area contributed by atoms with Crippen LogP contribution in [0, 0.1) is 5.82 Å². The first-order valence-corrected chi connectivity index (χ1v) is 5.84. The van der Waals surface area contributed by atoms with Gasteiger partial charge in [-0.3, -0.25) is 4.79 Å². The van der Waals surface area contributed by atoms with Crippen LogP contribution in [0.25, 0.3) is 21.9 Å². The van der Waals surface area contributed by atoms with Gasteiger partial charge >= 0.3 is 5.97 Å². The second-order valence-electron chi connectivity index (χ2n) is 4.27. The van der Waals surface area contributed by atoms with Crippen molar-refractivity contribution in [3.8, 4) is 0 Å². The van der Waals surface area contributed by atoms with Gasteiger partial charge in [-0.1, -0.05) is 0 Å². The van der Waals surface area contributed by atoms with Crippen LogP contribution in [0.2, 0.25) is 0 Å². The molecular formula is C15H9FO4. The van der Waals surface area contributed by atoms with E-state index in [1.807, 2.05) is 0 Å². The van der Waals surface area contributed by atoms with Crippen LogP contribution in [-0.4, -0.2) is 13.1 Å². The monoisotopic (exact) mass is 272 g/mol. The van der Waals surface area contributed by atoms with Crippen LogP contribution in [0.5, 0.6) is 0 Å². The minimum atomic E-state index is -0.520. The van der Waals surface area contributed by atoms with Gasteiger partial charge in [0, 0.05) is 0 Å². The number of hydrogen-bond donors (Lipinski definition) is 0. The van der Waals surface area contributed by atoms with Crippen LogP contribution in [0.15, 0.2) is 45.6 Å². The van der Waals surface area contributed by atoms with Crippen LogP contribution in [0.3, 0.4) is 0 Å². The van der Waals surface area contributed by atoms with E-state index in [0.29, 0.717) is 0 Å². The average molecular weight is 272 g/mol. The van der Waals surface area contributed by atoms with Crippen molar-refractivity contribution in [1.29, 1.82) is 0 Å². The molecule has 0 N–H and O–H groups in total. The molecule has 0 aliphatic rings. The molecular weight excluding hydrogens is 263 g/mol. The molecule has 0 aliphatic heterocycles. The molecule has 3 rings (SSSR count). The molecule has 0 atom stereocenters. The lowest BCUT2D eigenvalue weighted by Crippen LogP contribution is -2.05. The molecule has 0 radical (unpaired) electrons. The summed E-state index contributed by atoms with van der Waals surface area (Å²) in [5, 5.41) is 0.457. The second kappa shape index (κ2) is 4.45. The number of esters is 1. The van der Waals surface area contributed by atoms with Crippen molar-refractivity contribution in [2.45, 2.75) is 0 Å². The van der Waals surface area contributed by atoms with E-state index < -0.39 is 11.8 Å². The summed E-state index contributed by atoms with van der Waals surface area (Å²) in [6.07, 6.45) is 0. The summed E-state index contributed by atoms with van der Waals surface area (Å²) >= 11 is 0. The molecule has 0 amide bonds. The fourth-order valence-corrected chi connectivity index (χ4v) is 2.07. The third-order valence-corrected chi connectivity index (χ3v) is 3.05. The number of halogens is 1. The van der Waals surface area contributed by atoms with E-state index in [1.54, 1.807) is 0 Å². The average Bonchev–Trinajstić information content (AvgIpc) is 2.47. The number of carbonyl (C=O) groups excluding carboxylic acids is 1. The molecule has 1 aromatic heterocycles. The lowest BCUT2D eigenvalue weighted by molar-refractivity contribution is 0.0601. The summed E-state index contributed by atoms with van der Waals surface area (Å²) in [5.74, 6) is -1.02. The molecule has 4 nitrogen and oxygen atoms in total. The van der Waals surface area contributed by atoms with Crippen molar-refractivity contribution in [2.24, 2.45) is 0 Å². The molecule has 0 fully saturated rings. The molecule has 0 saturated carbocycles. The number of ether oxygens (including phenoxy) is 1. The first-order valence-electron chi connectivity index (χ1n) is 5.84. The molecule has 0 aliphatic carbocycles. The molecule has 5 heteroatoms. The Kier molecular flexibility index (Phi) is 2.75. The van der Waals surface area contributed by atoms with E-state index in [4.69, 9.17) is 4.42 Å². The van der Waals surface area contributed by atoms with Crippen molar-refractivity contribution in [2.75, 3.05) is 7.11 Å².